The van der Waals surface area contributed by atoms with Crippen molar-refractivity contribution in [3.8, 4) is 0 Å². The second kappa shape index (κ2) is 6.67. The number of furan rings is 1. The van der Waals surface area contributed by atoms with Gasteiger partial charge < -0.3 is 15.1 Å². The lowest BCUT2D eigenvalue weighted by molar-refractivity contribution is -0.711. The van der Waals surface area contributed by atoms with Crippen LogP contribution < -0.4 is 10.6 Å². The Morgan fingerprint density at radius 1 is 1.04 bits per heavy atom. The molecule has 4 heteroatoms. The fourth-order valence-corrected chi connectivity index (χ4v) is 2.75. The first-order valence-corrected chi connectivity index (χ1v) is 7.82. The summed E-state index contributed by atoms with van der Waals surface area (Å²) in [5, 5.41) is 7.20. The number of quaternary nitrogens is 1. The van der Waals surface area contributed by atoms with E-state index in [9.17, 15) is 4.79 Å². The standard InChI is InChI=1S/C19H20N2O2/c1-13(18-11-6-12-23-18)20-14(2)19(22)21-17-10-5-8-15-7-3-4-9-16(15)17/h3-14,20H,1-2H3,(H,21,22)/p+1/t13-,14-/m1/s1. The monoisotopic (exact) mass is 309 g/mol. The number of nitrogens with one attached hydrogen (secondary N) is 1. The molecule has 2 atom stereocenters. The molecule has 0 aliphatic rings. The van der Waals surface area contributed by atoms with Crippen LogP contribution in [0.1, 0.15) is 25.6 Å². The van der Waals surface area contributed by atoms with E-state index in [1.165, 1.54) is 0 Å². The Labute approximate surface area is 135 Å². The van der Waals surface area contributed by atoms with Gasteiger partial charge in [-0.2, -0.15) is 0 Å². The molecule has 0 saturated heterocycles. The molecule has 0 aliphatic carbocycles. The molecule has 3 aromatic rings. The molecule has 0 saturated carbocycles. The zero-order valence-electron chi connectivity index (χ0n) is 13.3. The van der Waals surface area contributed by atoms with E-state index in [4.69, 9.17) is 4.42 Å². The molecule has 1 aromatic heterocycles. The number of hydrogen-bond acceptors (Lipinski definition) is 2. The van der Waals surface area contributed by atoms with Crippen molar-refractivity contribution in [3.63, 3.8) is 0 Å². The molecule has 1 heterocycles. The number of fused-ring (bicyclic) bond motifs is 1. The van der Waals surface area contributed by atoms with Gasteiger partial charge in [-0.25, -0.2) is 0 Å². The number of rotatable bonds is 5. The molecule has 0 unspecified atom stereocenters. The molecule has 0 bridgehead atoms. The van der Waals surface area contributed by atoms with E-state index in [0.717, 1.165) is 22.2 Å². The van der Waals surface area contributed by atoms with Crippen LogP contribution in [-0.4, -0.2) is 11.9 Å². The molecule has 0 aliphatic heterocycles. The minimum Gasteiger partial charge on any atom is -0.463 e. The van der Waals surface area contributed by atoms with Crippen molar-refractivity contribution in [2.45, 2.75) is 25.9 Å². The maximum absolute atomic E-state index is 12.5. The third-order valence-electron chi connectivity index (χ3n) is 4.03. The normalized spacial score (nSPS) is 13.7. The van der Waals surface area contributed by atoms with E-state index in [-0.39, 0.29) is 18.0 Å². The number of carbonyl (C=O) groups is 1. The molecule has 1 amide bonds. The Hall–Kier alpha value is -2.59. The van der Waals surface area contributed by atoms with Crippen molar-refractivity contribution in [2.24, 2.45) is 0 Å². The molecular weight excluding hydrogens is 288 g/mol. The van der Waals surface area contributed by atoms with Gasteiger partial charge in [0, 0.05) is 11.1 Å². The second-order valence-corrected chi connectivity index (χ2v) is 5.80. The highest BCUT2D eigenvalue weighted by Crippen LogP contribution is 2.22. The summed E-state index contributed by atoms with van der Waals surface area (Å²) < 4.78 is 5.39. The Kier molecular flexibility index (Phi) is 4.44. The summed E-state index contributed by atoms with van der Waals surface area (Å²) in [4.78, 5) is 12.5. The maximum Gasteiger partial charge on any atom is 0.282 e. The van der Waals surface area contributed by atoms with Crippen LogP contribution in [-0.2, 0) is 4.79 Å². The molecule has 118 valence electrons. The van der Waals surface area contributed by atoms with E-state index in [1.807, 2.05) is 73.8 Å². The highest BCUT2D eigenvalue weighted by molar-refractivity contribution is 6.03. The summed E-state index contributed by atoms with van der Waals surface area (Å²) in [7, 11) is 0. The van der Waals surface area contributed by atoms with Crippen molar-refractivity contribution in [1.29, 1.82) is 0 Å². The van der Waals surface area contributed by atoms with Gasteiger partial charge in [-0.05, 0) is 37.4 Å². The minimum absolute atomic E-state index is 0.0141. The summed E-state index contributed by atoms with van der Waals surface area (Å²) in [6, 6.07) is 17.6. The van der Waals surface area contributed by atoms with Crippen LogP contribution >= 0.6 is 0 Å². The lowest BCUT2D eigenvalue weighted by atomic mass is 10.1. The average molecular weight is 309 g/mol. The van der Waals surface area contributed by atoms with Crippen LogP contribution in [0.25, 0.3) is 10.8 Å². The number of carbonyl (C=O) groups excluding carboxylic acids is 1. The second-order valence-electron chi connectivity index (χ2n) is 5.80. The van der Waals surface area contributed by atoms with Crippen molar-refractivity contribution in [2.75, 3.05) is 5.32 Å². The van der Waals surface area contributed by atoms with Gasteiger partial charge in [0.2, 0.25) is 0 Å². The summed E-state index contributed by atoms with van der Waals surface area (Å²) in [6.07, 6.45) is 1.65. The SMILES string of the molecule is C[C@@H]([NH2+][C@H](C)c1ccco1)C(=O)Nc1cccc2ccccc12. The fraction of sp³-hybridized carbons (Fsp3) is 0.211. The highest BCUT2D eigenvalue weighted by Gasteiger charge is 2.22. The molecule has 23 heavy (non-hydrogen) atoms. The van der Waals surface area contributed by atoms with E-state index in [1.54, 1.807) is 6.26 Å². The first-order valence-electron chi connectivity index (χ1n) is 7.82. The van der Waals surface area contributed by atoms with E-state index >= 15 is 0 Å². The molecule has 3 N–H and O–H groups in total. The van der Waals surface area contributed by atoms with Crippen LogP contribution in [0.2, 0.25) is 0 Å². The fourth-order valence-electron chi connectivity index (χ4n) is 2.75. The number of amides is 1. The number of benzene rings is 2. The minimum atomic E-state index is -0.214. The third kappa shape index (κ3) is 3.43. The van der Waals surface area contributed by atoms with Crippen LogP contribution in [0.3, 0.4) is 0 Å². The molecular formula is C19H21N2O2+. The first kappa shape index (κ1) is 15.3. The van der Waals surface area contributed by atoms with Gasteiger partial charge in [-0.3, -0.25) is 4.79 Å². The van der Waals surface area contributed by atoms with Gasteiger partial charge in [0.05, 0.1) is 6.26 Å². The van der Waals surface area contributed by atoms with Crippen molar-refractivity contribution >= 4 is 22.4 Å². The predicted molar refractivity (Wildman–Crippen MR) is 91.1 cm³/mol. The Morgan fingerprint density at radius 2 is 1.83 bits per heavy atom. The number of nitrogens with two attached hydrogens (primary N) is 1. The average Bonchev–Trinajstić information content (AvgIpc) is 3.09. The molecule has 3 rings (SSSR count). The first-order chi connectivity index (χ1) is 11.1. The number of hydrogen-bond donors (Lipinski definition) is 2. The highest BCUT2D eigenvalue weighted by atomic mass is 16.3. The van der Waals surface area contributed by atoms with Crippen molar-refractivity contribution in [3.05, 3.63) is 66.6 Å². The van der Waals surface area contributed by atoms with Crippen LogP contribution in [0.5, 0.6) is 0 Å². The zero-order chi connectivity index (χ0) is 16.2. The van der Waals surface area contributed by atoms with Gasteiger partial charge in [0.25, 0.3) is 5.91 Å². The summed E-state index contributed by atoms with van der Waals surface area (Å²) in [6.45, 7) is 3.93. The van der Waals surface area contributed by atoms with E-state index in [0.29, 0.717) is 0 Å². The van der Waals surface area contributed by atoms with Gasteiger partial charge in [-0.1, -0.05) is 36.4 Å². The van der Waals surface area contributed by atoms with Crippen LogP contribution in [0.4, 0.5) is 5.69 Å². The zero-order valence-corrected chi connectivity index (χ0v) is 13.3. The molecule has 2 aromatic carbocycles. The lowest BCUT2D eigenvalue weighted by Crippen LogP contribution is -2.91. The van der Waals surface area contributed by atoms with E-state index in [2.05, 4.69) is 5.32 Å². The summed E-state index contributed by atoms with van der Waals surface area (Å²) >= 11 is 0. The van der Waals surface area contributed by atoms with Crippen LogP contribution in [0.15, 0.2) is 65.3 Å². The summed E-state index contributed by atoms with van der Waals surface area (Å²) in [5.74, 6) is 0.856. The van der Waals surface area contributed by atoms with Crippen LogP contribution in [0, 0.1) is 0 Å². The Balaban J connectivity index is 1.70. The van der Waals surface area contributed by atoms with Gasteiger partial charge in [0.1, 0.15) is 6.04 Å². The molecule has 0 radical (unpaired) electrons. The lowest BCUT2D eigenvalue weighted by Gasteiger charge is -2.16. The van der Waals surface area contributed by atoms with Gasteiger partial charge in [0.15, 0.2) is 11.8 Å². The summed E-state index contributed by atoms with van der Waals surface area (Å²) in [5.41, 5.74) is 0.846. The maximum atomic E-state index is 12.5. The van der Waals surface area contributed by atoms with E-state index < -0.39 is 0 Å². The molecule has 0 fully saturated rings. The topological polar surface area (TPSA) is 58.9 Å². The van der Waals surface area contributed by atoms with Crippen molar-refractivity contribution < 1.29 is 14.5 Å². The smallest absolute Gasteiger partial charge is 0.282 e. The number of anilines is 1. The molecule has 4 nitrogen and oxygen atoms in total. The van der Waals surface area contributed by atoms with Gasteiger partial charge >= 0.3 is 0 Å². The molecule has 0 spiro atoms. The predicted octanol–water partition coefficient (Wildman–Crippen LogP) is 3.08. The van der Waals surface area contributed by atoms with Gasteiger partial charge in [-0.15, -0.1) is 0 Å². The Morgan fingerprint density at radius 3 is 2.61 bits per heavy atom. The Bertz CT molecular complexity index is 791. The third-order valence-corrected chi connectivity index (χ3v) is 4.03. The largest absolute Gasteiger partial charge is 0.463 e. The van der Waals surface area contributed by atoms with Crippen molar-refractivity contribution in [1.82, 2.24) is 0 Å². The quantitative estimate of drug-likeness (QED) is 0.761.